The Kier molecular flexibility index (Phi) is 7.14. The van der Waals surface area contributed by atoms with Crippen molar-refractivity contribution in [2.24, 2.45) is 0 Å². The van der Waals surface area contributed by atoms with Crippen LogP contribution >= 0.6 is 0 Å². The molecule has 4 nitrogen and oxygen atoms in total. The molecule has 0 saturated carbocycles. The highest BCUT2D eigenvalue weighted by molar-refractivity contribution is 6.18. The molecule has 3 heterocycles. The maximum Gasteiger partial charge on any atom is 0.101 e. The predicted molar refractivity (Wildman–Crippen MR) is 228 cm³/mol. The quantitative estimate of drug-likeness (QED) is 0.168. The van der Waals surface area contributed by atoms with Crippen molar-refractivity contribution in [3.05, 3.63) is 194 Å². The monoisotopic (exact) mass is 700 g/mol. The average Bonchev–Trinajstić information content (AvgIpc) is 3.67. The largest absolute Gasteiger partial charge is 0.254 e. The SMILES string of the molecule is c1ccc(-c2cc3ccccc3c3c2c(-c2ccc(-c4ccc(-c5cc6cccnc6c6ncccc56)c5ccccc45)cc2)nn3-c2ccccc2)cc1. The zero-order valence-electron chi connectivity index (χ0n) is 29.8. The number of nitrogens with zero attached hydrogens (tertiary/aromatic N) is 4. The standard InChI is InChI=1S/C51H32N4/c1-3-13-33(14-4-1)45-31-36-15-7-8-19-40(36)51-47(45)48(54-55(51)38-17-5-2-6-18-38)35-25-23-34(24-26-35)39-27-28-43(42-21-10-9-20-41(39)42)46-32-37-16-11-29-52-49(37)50-44(46)22-12-30-53-50/h1-32H. The number of benzene rings is 8. The smallest absolute Gasteiger partial charge is 0.101 e. The van der Waals surface area contributed by atoms with Crippen molar-refractivity contribution in [3.8, 4) is 50.3 Å². The van der Waals surface area contributed by atoms with E-state index in [1.54, 1.807) is 0 Å². The molecule has 3 aromatic heterocycles. The summed E-state index contributed by atoms with van der Waals surface area (Å²) in [5, 5.41) is 13.5. The lowest BCUT2D eigenvalue weighted by Gasteiger charge is -2.15. The van der Waals surface area contributed by atoms with Crippen molar-refractivity contribution < 1.29 is 0 Å². The van der Waals surface area contributed by atoms with Gasteiger partial charge in [0.25, 0.3) is 0 Å². The van der Waals surface area contributed by atoms with E-state index in [0.717, 1.165) is 60.8 Å². The lowest BCUT2D eigenvalue weighted by atomic mass is 9.89. The molecule has 0 radical (unpaired) electrons. The maximum atomic E-state index is 5.42. The van der Waals surface area contributed by atoms with E-state index in [-0.39, 0.29) is 0 Å². The molecule has 55 heavy (non-hydrogen) atoms. The van der Waals surface area contributed by atoms with Crippen LogP contribution in [-0.2, 0) is 0 Å². The van der Waals surface area contributed by atoms with Gasteiger partial charge in [-0.25, -0.2) is 4.68 Å². The van der Waals surface area contributed by atoms with E-state index in [1.165, 1.54) is 43.8 Å². The van der Waals surface area contributed by atoms with Crippen molar-refractivity contribution in [3.63, 3.8) is 0 Å². The first-order valence-electron chi connectivity index (χ1n) is 18.6. The summed E-state index contributed by atoms with van der Waals surface area (Å²) in [5.41, 5.74) is 13.0. The second-order valence-corrected chi connectivity index (χ2v) is 14.0. The Morgan fingerprint density at radius 1 is 0.364 bits per heavy atom. The van der Waals surface area contributed by atoms with Gasteiger partial charge in [0, 0.05) is 39.5 Å². The zero-order valence-corrected chi connectivity index (χ0v) is 29.8. The Hall–Kier alpha value is -7.43. The third kappa shape index (κ3) is 5.03. The number of aromatic nitrogens is 4. The van der Waals surface area contributed by atoms with Crippen molar-refractivity contribution in [2.75, 3.05) is 0 Å². The highest BCUT2D eigenvalue weighted by Crippen LogP contribution is 2.43. The maximum absolute atomic E-state index is 5.42. The molecule has 0 aliphatic carbocycles. The first-order valence-corrected chi connectivity index (χ1v) is 18.6. The zero-order chi connectivity index (χ0) is 36.3. The van der Waals surface area contributed by atoms with Crippen LogP contribution in [0.25, 0.3) is 105 Å². The molecular formula is C51H32N4. The summed E-state index contributed by atoms with van der Waals surface area (Å²) in [5.74, 6) is 0. The molecule has 0 N–H and O–H groups in total. The van der Waals surface area contributed by atoms with Gasteiger partial charge in [-0.3, -0.25) is 9.97 Å². The fourth-order valence-corrected chi connectivity index (χ4v) is 8.38. The van der Waals surface area contributed by atoms with Crippen LogP contribution in [0.3, 0.4) is 0 Å². The molecule has 0 fully saturated rings. The van der Waals surface area contributed by atoms with Crippen molar-refractivity contribution in [1.29, 1.82) is 0 Å². The fraction of sp³-hybridized carbons (Fsp3) is 0. The van der Waals surface area contributed by atoms with Gasteiger partial charge in [0.05, 0.1) is 22.2 Å². The van der Waals surface area contributed by atoms with E-state index in [0.29, 0.717) is 0 Å². The number of hydrogen-bond acceptors (Lipinski definition) is 3. The Balaban J connectivity index is 1.09. The molecule has 8 aromatic carbocycles. The summed E-state index contributed by atoms with van der Waals surface area (Å²) in [6.45, 7) is 0. The number of rotatable bonds is 5. The fourth-order valence-electron chi connectivity index (χ4n) is 8.38. The summed E-state index contributed by atoms with van der Waals surface area (Å²) >= 11 is 0. The molecule has 4 heteroatoms. The third-order valence-electron chi connectivity index (χ3n) is 10.9. The van der Waals surface area contributed by atoms with E-state index in [4.69, 9.17) is 10.1 Å². The van der Waals surface area contributed by atoms with E-state index in [2.05, 4.69) is 180 Å². The van der Waals surface area contributed by atoms with Gasteiger partial charge >= 0.3 is 0 Å². The van der Waals surface area contributed by atoms with Gasteiger partial charge in [0.2, 0.25) is 0 Å². The molecule has 0 bridgehead atoms. The van der Waals surface area contributed by atoms with Gasteiger partial charge in [0.15, 0.2) is 0 Å². The minimum Gasteiger partial charge on any atom is -0.254 e. The van der Waals surface area contributed by atoms with Crippen LogP contribution in [0.5, 0.6) is 0 Å². The van der Waals surface area contributed by atoms with Gasteiger partial charge in [0.1, 0.15) is 5.69 Å². The number of fused-ring (bicyclic) bond motifs is 7. The summed E-state index contributed by atoms with van der Waals surface area (Å²) in [4.78, 5) is 9.47. The Labute approximate surface area is 317 Å². The highest BCUT2D eigenvalue weighted by atomic mass is 15.3. The number of para-hydroxylation sites is 1. The summed E-state index contributed by atoms with van der Waals surface area (Å²) in [6, 6.07) is 64.8. The van der Waals surface area contributed by atoms with Gasteiger partial charge < -0.3 is 0 Å². The summed E-state index contributed by atoms with van der Waals surface area (Å²) in [6.07, 6.45) is 3.69. The van der Waals surface area contributed by atoms with Crippen LogP contribution < -0.4 is 0 Å². The van der Waals surface area contributed by atoms with Crippen molar-refractivity contribution >= 4 is 54.3 Å². The second kappa shape index (κ2) is 12.6. The Bertz CT molecular complexity index is 3240. The highest BCUT2D eigenvalue weighted by Gasteiger charge is 2.21. The molecule has 256 valence electrons. The predicted octanol–water partition coefficient (Wildman–Crippen LogP) is 13.1. The van der Waals surface area contributed by atoms with Crippen LogP contribution in [0.1, 0.15) is 0 Å². The second-order valence-electron chi connectivity index (χ2n) is 14.0. The Morgan fingerprint density at radius 3 is 1.73 bits per heavy atom. The molecule has 0 saturated heterocycles. The van der Waals surface area contributed by atoms with Gasteiger partial charge in [-0.1, -0.05) is 146 Å². The molecule has 0 aliphatic heterocycles. The van der Waals surface area contributed by atoms with Gasteiger partial charge in [-0.05, 0) is 85.9 Å². The lowest BCUT2D eigenvalue weighted by Crippen LogP contribution is -1.96. The minimum atomic E-state index is 0.921. The van der Waals surface area contributed by atoms with Crippen molar-refractivity contribution in [2.45, 2.75) is 0 Å². The molecular weight excluding hydrogens is 669 g/mol. The number of hydrogen-bond donors (Lipinski definition) is 0. The van der Waals surface area contributed by atoms with Crippen LogP contribution in [0.15, 0.2) is 194 Å². The van der Waals surface area contributed by atoms with Crippen molar-refractivity contribution in [1.82, 2.24) is 19.7 Å². The molecule has 0 unspecified atom stereocenters. The van der Waals surface area contributed by atoms with Crippen LogP contribution in [-0.4, -0.2) is 19.7 Å². The van der Waals surface area contributed by atoms with Crippen LogP contribution in [0.4, 0.5) is 0 Å². The van der Waals surface area contributed by atoms with E-state index >= 15 is 0 Å². The molecule has 11 rings (SSSR count). The van der Waals surface area contributed by atoms with Crippen LogP contribution in [0, 0.1) is 0 Å². The number of pyridine rings is 2. The van der Waals surface area contributed by atoms with Crippen LogP contribution in [0.2, 0.25) is 0 Å². The molecule has 0 amide bonds. The average molecular weight is 701 g/mol. The van der Waals surface area contributed by atoms with E-state index in [1.807, 2.05) is 24.5 Å². The van der Waals surface area contributed by atoms with E-state index < -0.39 is 0 Å². The van der Waals surface area contributed by atoms with Gasteiger partial charge in [-0.2, -0.15) is 5.10 Å². The summed E-state index contributed by atoms with van der Waals surface area (Å²) in [7, 11) is 0. The first kappa shape index (κ1) is 31.1. The normalized spacial score (nSPS) is 11.6. The topological polar surface area (TPSA) is 43.6 Å². The summed E-state index contributed by atoms with van der Waals surface area (Å²) < 4.78 is 2.13. The lowest BCUT2D eigenvalue weighted by molar-refractivity contribution is 0.918. The minimum absolute atomic E-state index is 0.921. The molecule has 11 aromatic rings. The first-order chi connectivity index (χ1) is 27.3. The van der Waals surface area contributed by atoms with Gasteiger partial charge in [-0.15, -0.1) is 0 Å². The molecule has 0 spiro atoms. The molecule has 0 aliphatic rings. The molecule has 0 atom stereocenters. The third-order valence-corrected chi connectivity index (χ3v) is 10.9. The Morgan fingerprint density at radius 2 is 0.927 bits per heavy atom. The van der Waals surface area contributed by atoms with E-state index in [9.17, 15) is 0 Å².